The third kappa shape index (κ3) is 3.77. The quantitative estimate of drug-likeness (QED) is 0.620. The Morgan fingerprint density at radius 3 is 2.45 bits per heavy atom. The molecule has 1 aromatic rings. The summed E-state index contributed by atoms with van der Waals surface area (Å²) < 4.78 is 5.62. The lowest BCUT2D eigenvalue weighted by Crippen LogP contribution is -2.31. The molecule has 1 aliphatic rings. The molecule has 2 heteroatoms. The molecule has 1 saturated carbocycles. The first-order chi connectivity index (χ1) is 9.67. The molecule has 1 fully saturated rings. The van der Waals surface area contributed by atoms with Gasteiger partial charge in [-0.25, -0.2) is 0 Å². The van der Waals surface area contributed by atoms with Crippen LogP contribution in [0.2, 0.25) is 0 Å². The molecular weight excluding hydrogens is 268 g/mol. The summed E-state index contributed by atoms with van der Waals surface area (Å²) in [5.41, 5.74) is 4.21. The van der Waals surface area contributed by atoms with Gasteiger partial charge in [-0.2, -0.15) is 0 Å². The van der Waals surface area contributed by atoms with Crippen LogP contribution in [0, 0.1) is 5.92 Å². The van der Waals surface area contributed by atoms with Gasteiger partial charge in [0.15, 0.2) is 0 Å². The largest absolute Gasteiger partial charge is 0.378 e. The first kappa shape index (κ1) is 15.9. The van der Waals surface area contributed by atoms with Gasteiger partial charge in [-0.05, 0) is 61.6 Å². The fourth-order valence-electron chi connectivity index (χ4n) is 3.18. The minimum absolute atomic E-state index is 0.152. The number of aryl methyl sites for hydroxylation is 2. The molecule has 0 amide bonds. The van der Waals surface area contributed by atoms with E-state index < -0.39 is 0 Å². The zero-order chi connectivity index (χ0) is 14.5. The molecule has 1 nitrogen and oxygen atoms in total. The summed E-state index contributed by atoms with van der Waals surface area (Å²) >= 11 is 6.62. The molecule has 1 aromatic carbocycles. The molecule has 0 N–H and O–H groups in total. The summed E-state index contributed by atoms with van der Waals surface area (Å²) in [6, 6.07) is 6.79. The Morgan fingerprint density at radius 1 is 1.15 bits per heavy atom. The maximum atomic E-state index is 6.62. The van der Waals surface area contributed by atoms with Gasteiger partial charge in [-0.3, -0.25) is 0 Å². The van der Waals surface area contributed by atoms with Gasteiger partial charge in [0.05, 0.1) is 11.5 Å². The van der Waals surface area contributed by atoms with E-state index in [9.17, 15) is 0 Å². The number of rotatable bonds is 7. The molecule has 1 atom stereocenters. The van der Waals surface area contributed by atoms with E-state index in [-0.39, 0.29) is 5.38 Å². The average Bonchev–Trinajstić information content (AvgIpc) is 2.44. The minimum Gasteiger partial charge on any atom is -0.378 e. The summed E-state index contributed by atoms with van der Waals surface area (Å²) in [5.74, 6) is 0.741. The zero-order valence-electron chi connectivity index (χ0n) is 13.0. The summed E-state index contributed by atoms with van der Waals surface area (Å²) in [6.07, 6.45) is 6.14. The van der Waals surface area contributed by atoms with Crippen LogP contribution in [0.25, 0.3) is 0 Å². The molecular formula is C18H27ClO. The highest BCUT2D eigenvalue weighted by Crippen LogP contribution is 2.39. The number of hydrogen-bond donors (Lipinski definition) is 0. The second kappa shape index (κ2) is 7.47. The van der Waals surface area contributed by atoms with Crippen molar-refractivity contribution >= 4 is 11.6 Å². The molecule has 0 heterocycles. The van der Waals surface area contributed by atoms with Crippen molar-refractivity contribution in [3.05, 3.63) is 34.9 Å². The highest BCUT2D eigenvalue weighted by molar-refractivity contribution is 6.20. The number of alkyl halides is 1. The fraction of sp³-hybridized carbons (Fsp3) is 0.667. The minimum atomic E-state index is 0.152. The Bertz CT molecular complexity index is 423. The van der Waals surface area contributed by atoms with Gasteiger partial charge >= 0.3 is 0 Å². The van der Waals surface area contributed by atoms with Crippen molar-refractivity contribution in [1.82, 2.24) is 0 Å². The average molecular weight is 295 g/mol. The summed E-state index contributed by atoms with van der Waals surface area (Å²) in [7, 11) is 0. The summed E-state index contributed by atoms with van der Waals surface area (Å²) in [5, 5.41) is 0.152. The Morgan fingerprint density at radius 2 is 1.85 bits per heavy atom. The van der Waals surface area contributed by atoms with E-state index in [1.807, 2.05) is 0 Å². The van der Waals surface area contributed by atoms with Crippen molar-refractivity contribution in [2.24, 2.45) is 5.92 Å². The van der Waals surface area contributed by atoms with Gasteiger partial charge in [0.1, 0.15) is 0 Å². The topological polar surface area (TPSA) is 9.23 Å². The molecule has 20 heavy (non-hydrogen) atoms. The molecule has 2 rings (SSSR count). The highest BCUT2D eigenvalue weighted by Gasteiger charge is 2.31. The van der Waals surface area contributed by atoms with E-state index in [1.165, 1.54) is 29.5 Å². The van der Waals surface area contributed by atoms with Gasteiger partial charge in [0, 0.05) is 6.61 Å². The predicted octanol–water partition coefficient (Wildman–Crippen LogP) is 5.30. The molecule has 0 saturated heterocycles. The predicted molar refractivity (Wildman–Crippen MR) is 86.5 cm³/mol. The van der Waals surface area contributed by atoms with Crippen LogP contribution in [-0.2, 0) is 17.6 Å². The molecule has 0 aromatic heterocycles. The van der Waals surface area contributed by atoms with Gasteiger partial charge < -0.3 is 4.74 Å². The van der Waals surface area contributed by atoms with E-state index in [4.69, 9.17) is 16.3 Å². The Hall–Kier alpha value is -0.530. The maximum Gasteiger partial charge on any atom is 0.0588 e. The normalized spacial score (nSPS) is 23.4. The van der Waals surface area contributed by atoms with Crippen molar-refractivity contribution in [2.45, 2.75) is 64.4 Å². The van der Waals surface area contributed by atoms with Gasteiger partial charge in [0.2, 0.25) is 0 Å². The van der Waals surface area contributed by atoms with E-state index >= 15 is 0 Å². The Labute approximate surface area is 128 Å². The van der Waals surface area contributed by atoms with Crippen LogP contribution < -0.4 is 0 Å². The van der Waals surface area contributed by atoms with Gasteiger partial charge in [-0.15, -0.1) is 11.6 Å². The fourth-order valence-corrected chi connectivity index (χ4v) is 3.57. The summed E-state index contributed by atoms with van der Waals surface area (Å²) in [4.78, 5) is 0. The standard InChI is InChI=1S/C18H27ClO/c1-4-14-7-8-16(12-15(14)5-2)18(19)11-13-9-17(10-13)20-6-3/h7-8,12-13,17-18H,4-6,9-11H2,1-3H3. The van der Waals surface area contributed by atoms with Crippen LogP contribution in [0.3, 0.4) is 0 Å². The lowest BCUT2D eigenvalue weighted by molar-refractivity contribution is -0.0267. The molecule has 1 unspecified atom stereocenters. The molecule has 0 bridgehead atoms. The monoisotopic (exact) mass is 294 g/mol. The lowest BCUT2D eigenvalue weighted by atomic mass is 9.78. The van der Waals surface area contributed by atoms with Crippen LogP contribution in [0.5, 0.6) is 0 Å². The number of hydrogen-bond acceptors (Lipinski definition) is 1. The van der Waals surface area contributed by atoms with Crippen LogP contribution in [0.1, 0.15) is 62.1 Å². The van der Waals surface area contributed by atoms with Crippen LogP contribution in [0.15, 0.2) is 18.2 Å². The first-order valence-electron chi connectivity index (χ1n) is 8.05. The van der Waals surface area contributed by atoms with Crippen molar-refractivity contribution in [2.75, 3.05) is 6.61 Å². The van der Waals surface area contributed by atoms with Crippen molar-refractivity contribution in [3.63, 3.8) is 0 Å². The first-order valence-corrected chi connectivity index (χ1v) is 8.48. The number of halogens is 1. The van der Waals surface area contributed by atoms with E-state index in [0.29, 0.717) is 6.10 Å². The summed E-state index contributed by atoms with van der Waals surface area (Å²) in [6.45, 7) is 7.34. The van der Waals surface area contributed by atoms with Crippen molar-refractivity contribution in [1.29, 1.82) is 0 Å². The van der Waals surface area contributed by atoms with Crippen LogP contribution in [0.4, 0.5) is 0 Å². The zero-order valence-corrected chi connectivity index (χ0v) is 13.7. The number of benzene rings is 1. The Balaban J connectivity index is 1.91. The second-order valence-corrected chi connectivity index (χ2v) is 6.38. The maximum absolute atomic E-state index is 6.62. The second-order valence-electron chi connectivity index (χ2n) is 5.85. The molecule has 0 spiro atoms. The van der Waals surface area contributed by atoms with Gasteiger partial charge in [-0.1, -0.05) is 32.0 Å². The number of ether oxygens (including phenoxy) is 1. The van der Waals surface area contributed by atoms with E-state index in [0.717, 1.165) is 31.8 Å². The SMILES string of the molecule is CCOC1CC(CC(Cl)c2ccc(CC)c(CC)c2)C1. The Kier molecular flexibility index (Phi) is 5.92. The van der Waals surface area contributed by atoms with Gasteiger partial charge in [0.25, 0.3) is 0 Å². The van der Waals surface area contributed by atoms with E-state index in [1.54, 1.807) is 0 Å². The lowest BCUT2D eigenvalue weighted by Gasteiger charge is -2.36. The smallest absolute Gasteiger partial charge is 0.0588 e. The van der Waals surface area contributed by atoms with Crippen molar-refractivity contribution < 1.29 is 4.74 Å². The molecule has 112 valence electrons. The van der Waals surface area contributed by atoms with Crippen LogP contribution >= 0.6 is 11.6 Å². The molecule has 0 radical (unpaired) electrons. The molecule has 1 aliphatic carbocycles. The van der Waals surface area contributed by atoms with Crippen molar-refractivity contribution in [3.8, 4) is 0 Å². The molecule has 0 aliphatic heterocycles. The highest BCUT2D eigenvalue weighted by atomic mass is 35.5. The van der Waals surface area contributed by atoms with E-state index in [2.05, 4.69) is 39.0 Å². The van der Waals surface area contributed by atoms with Crippen LogP contribution in [-0.4, -0.2) is 12.7 Å². The third-order valence-electron chi connectivity index (χ3n) is 4.49. The third-order valence-corrected chi connectivity index (χ3v) is 4.92.